The molecule has 2 aromatic carbocycles. The Morgan fingerprint density at radius 2 is 1.65 bits per heavy atom. The van der Waals surface area contributed by atoms with Gasteiger partial charge in [0.25, 0.3) is 0 Å². The Kier molecular flexibility index (Phi) is 4.02. The monoisotopic (exact) mass is 283 g/mol. The summed E-state index contributed by atoms with van der Waals surface area (Å²) in [5.41, 5.74) is 1.65. The lowest BCUT2D eigenvalue weighted by Crippen LogP contribution is -2.03. The second-order valence-electron chi connectivity index (χ2n) is 4.29. The molecule has 0 aliphatic rings. The van der Waals surface area contributed by atoms with Crippen molar-refractivity contribution in [2.24, 2.45) is 0 Å². The average Bonchev–Trinajstić information content (AvgIpc) is 2.47. The van der Waals surface area contributed by atoms with E-state index in [0.29, 0.717) is 0 Å². The van der Waals surface area contributed by atoms with Crippen molar-refractivity contribution in [3.05, 3.63) is 70.6 Å². The van der Waals surface area contributed by atoms with Gasteiger partial charge in [0.1, 0.15) is 11.0 Å². The Morgan fingerprint density at radius 1 is 1.05 bits per heavy atom. The molecule has 0 fully saturated rings. The van der Waals surface area contributed by atoms with Crippen LogP contribution in [0.1, 0.15) is 11.1 Å². The first-order valence-corrected chi connectivity index (χ1v) is 7.51. The van der Waals surface area contributed by atoms with E-state index in [2.05, 4.69) is 0 Å². The van der Waals surface area contributed by atoms with Crippen LogP contribution in [-0.4, -0.2) is 8.42 Å². The smallest absolute Gasteiger partial charge is 0.216 e. The fourth-order valence-electron chi connectivity index (χ4n) is 1.79. The van der Waals surface area contributed by atoms with Gasteiger partial charge in [-0.3, -0.25) is 0 Å². The highest BCUT2D eigenvalue weighted by molar-refractivity contribution is 7.95. The van der Waals surface area contributed by atoms with Crippen molar-refractivity contribution < 1.29 is 8.42 Å². The molecular formula is C16H13NO2S. The van der Waals surface area contributed by atoms with Crippen LogP contribution in [0.5, 0.6) is 0 Å². The van der Waals surface area contributed by atoms with Gasteiger partial charge in [0.15, 0.2) is 0 Å². The molecule has 3 nitrogen and oxygen atoms in total. The maximum atomic E-state index is 12.4. The van der Waals surface area contributed by atoms with Crippen molar-refractivity contribution in [2.75, 3.05) is 0 Å². The molecule has 100 valence electrons. The zero-order chi connectivity index (χ0) is 14.6. The minimum Gasteiger partial charge on any atom is -0.218 e. The average molecular weight is 283 g/mol. The Balaban J connectivity index is 2.55. The van der Waals surface area contributed by atoms with E-state index in [4.69, 9.17) is 0 Å². The Morgan fingerprint density at radius 3 is 2.25 bits per heavy atom. The van der Waals surface area contributed by atoms with Gasteiger partial charge >= 0.3 is 0 Å². The molecule has 20 heavy (non-hydrogen) atoms. The molecule has 2 aromatic rings. The first-order chi connectivity index (χ1) is 9.55. The van der Waals surface area contributed by atoms with E-state index < -0.39 is 9.84 Å². The summed E-state index contributed by atoms with van der Waals surface area (Å²) >= 11 is 0. The Labute approximate surface area is 118 Å². The lowest BCUT2D eigenvalue weighted by Gasteiger charge is -2.04. The molecule has 0 aromatic heterocycles. The van der Waals surface area contributed by atoms with Gasteiger partial charge in [-0.2, -0.15) is 5.26 Å². The van der Waals surface area contributed by atoms with Crippen molar-refractivity contribution in [3.8, 4) is 6.07 Å². The molecule has 0 spiro atoms. The lowest BCUT2D eigenvalue weighted by molar-refractivity contribution is 0.603. The molecule has 0 aliphatic heterocycles. The fourth-order valence-corrected chi connectivity index (χ4v) is 2.96. The second-order valence-corrected chi connectivity index (χ2v) is 6.21. The van der Waals surface area contributed by atoms with Crippen LogP contribution in [0.2, 0.25) is 0 Å². The molecule has 0 radical (unpaired) electrons. The maximum absolute atomic E-state index is 12.4. The number of nitrogens with zero attached hydrogens (tertiary/aromatic N) is 1. The molecule has 0 N–H and O–H groups in total. The largest absolute Gasteiger partial charge is 0.218 e. The number of allylic oxidation sites excluding steroid dienone is 1. The fraction of sp³-hybridized carbons (Fsp3) is 0.0625. The number of aryl methyl sites for hydroxylation is 1. The molecule has 0 heterocycles. The summed E-state index contributed by atoms with van der Waals surface area (Å²) in [6.07, 6.45) is 1.41. The molecular weight excluding hydrogens is 270 g/mol. The predicted molar refractivity (Wildman–Crippen MR) is 78.4 cm³/mol. The SMILES string of the molecule is Cc1ccccc1/C=C(\C#N)S(=O)(=O)c1ccccc1. The second kappa shape index (κ2) is 5.72. The normalized spacial score (nSPS) is 11.9. The summed E-state index contributed by atoms with van der Waals surface area (Å²) in [7, 11) is -3.77. The van der Waals surface area contributed by atoms with E-state index in [1.807, 2.05) is 25.1 Å². The van der Waals surface area contributed by atoms with Crippen molar-refractivity contribution in [1.29, 1.82) is 5.26 Å². The molecule has 0 saturated carbocycles. The number of rotatable bonds is 3. The third-order valence-electron chi connectivity index (χ3n) is 2.93. The molecule has 0 aliphatic carbocycles. The van der Waals surface area contributed by atoms with Crippen molar-refractivity contribution in [2.45, 2.75) is 11.8 Å². The molecule has 0 saturated heterocycles. The minimum absolute atomic E-state index is 0.126. The van der Waals surface area contributed by atoms with Crippen LogP contribution in [0.25, 0.3) is 6.08 Å². The van der Waals surface area contributed by atoms with Gasteiger partial charge < -0.3 is 0 Å². The molecule has 2 rings (SSSR count). The van der Waals surface area contributed by atoms with Crippen LogP contribution in [0.15, 0.2) is 64.4 Å². The first-order valence-electron chi connectivity index (χ1n) is 6.03. The van der Waals surface area contributed by atoms with Gasteiger partial charge in [-0.05, 0) is 36.3 Å². The van der Waals surface area contributed by atoms with Crippen LogP contribution in [0, 0.1) is 18.3 Å². The Bertz CT molecular complexity index is 785. The van der Waals surface area contributed by atoms with E-state index >= 15 is 0 Å². The summed E-state index contributed by atoms with van der Waals surface area (Å²) < 4.78 is 24.8. The van der Waals surface area contributed by atoms with E-state index in [1.165, 1.54) is 18.2 Å². The summed E-state index contributed by atoms with van der Waals surface area (Å²) in [5, 5.41) is 9.18. The van der Waals surface area contributed by atoms with E-state index in [-0.39, 0.29) is 9.80 Å². The summed E-state index contributed by atoms with van der Waals surface area (Å²) in [4.78, 5) is -0.126. The van der Waals surface area contributed by atoms with Gasteiger partial charge in [0.05, 0.1) is 4.90 Å². The van der Waals surface area contributed by atoms with Crippen LogP contribution < -0.4 is 0 Å². The van der Waals surface area contributed by atoms with Gasteiger partial charge in [0, 0.05) is 0 Å². The zero-order valence-corrected chi connectivity index (χ0v) is 11.8. The minimum atomic E-state index is -3.77. The van der Waals surface area contributed by atoms with Gasteiger partial charge in [0.2, 0.25) is 9.84 Å². The van der Waals surface area contributed by atoms with E-state index in [1.54, 1.807) is 30.3 Å². The highest BCUT2D eigenvalue weighted by atomic mass is 32.2. The lowest BCUT2D eigenvalue weighted by atomic mass is 10.1. The number of benzene rings is 2. The van der Waals surface area contributed by atoms with Crippen LogP contribution in [-0.2, 0) is 9.84 Å². The third-order valence-corrected chi connectivity index (χ3v) is 4.61. The quantitative estimate of drug-likeness (QED) is 0.812. The van der Waals surface area contributed by atoms with Gasteiger partial charge in [-0.15, -0.1) is 0 Å². The summed E-state index contributed by atoms with van der Waals surface area (Å²) in [6.45, 7) is 1.87. The Hall–Kier alpha value is -2.38. The number of nitriles is 1. The van der Waals surface area contributed by atoms with Gasteiger partial charge in [-0.1, -0.05) is 42.5 Å². The highest BCUT2D eigenvalue weighted by Gasteiger charge is 2.20. The zero-order valence-electron chi connectivity index (χ0n) is 10.9. The molecule has 0 bridgehead atoms. The molecule has 0 atom stereocenters. The van der Waals surface area contributed by atoms with Crippen molar-refractivity contribution in [3.63, 3.8) is 0 Å². The van der Waals surface area contributed by atoms with Gasteiger partial charge in [-0.25, -0.2) is 8.42 Å². The van der Waals surface area contributed by atoms with Crippen LogP contribution in [0.3, 0.4) is 0 Å². The first kappa shape index (κ1) is 14.0. The standard InChI is InChI=1S/C16H13NO2S/c1-13-7-5-6-8-14(13)11-16(12-17)20(18,19)15-9-3-2-4-10-15/h2-11H,1H3/b16-11+. The topological polar surface area (TPSA) is 57.9 Å². The summed E-state index contributed by atoms with van der Waals surface area (Å²) in [6, 6.07) is 17.1. The van der Waals surface area contributed by atoms with Crippen LogP contribution in [0.4, 0.5) is 0 Å². The number of hydrogen-bond acceptors (Lipinski definition) is 3. The molecule has 0 unspecified atom stereocenters. The number of hydrogen-bond donors (Lipinski definition) is 0. The predicted octanol–water partition coefficient (Wildman–Crippen LogP) is 3.33. The maximum Gasteiger partial charge on any atom is 0.216 e. The molecule has 0 amide bonds. The van der Waals surface area contributed by atoms with Crippen molar-refractivity contribution in [1.82, 2.24) is 0 Å². The molecule has 4 heteroatoms. The van der Waals surface area contributed by atoms with E-state index in [0.717, 1.165) is 11.1 Å². The third kappa shape index (κ3) is 2.79. The van der Waals surface area contributed by atoms with Crippen molar-refractivity contribution >= 4 is 15.9 Å². The summed E-state index contributed by atoms with van der Waals surface area (Å²) in [5.74, 6) is 0. The number of sulfone groups is 1. The highest BCUT2D eigenvalue weighted by Crippen LogP contribution is 2.21. The van der Waals surface area contributed by atoms with Crippen LogP contribution >= 0.6 is 0 Å². The van der Waals surface area contributed by atoms with E-state index in [9.17, 15) is 13.7 Å².